The van der Waals surface area contributed by atoms with E-state index in [1.54, 1.807) is 18.9 Å². The van der Waals surface area contributed by atoms with E-state index < -0.39 is 0 Å². The maximum Gasteiger partial charge on any atom is 0.249 e. The highest BCUT2D eigenvalue weighted by atomic mass is 32.2. The van der Waals surface area contributed by atoms with Crippen molar-refractivity contribution in [3.05, 3.63) is 0 Å². The summed E-state index contributed by atoms with van der Waals surface area (Å²) < 4.78 is 4.97. The molecule has 0 aromatic carbocycles. The van der Waals surface area contributed by atoms with E-state index in [-0.39, 0.29) is 11.2 Å². The third-order valence-corrected chi connectivity index (χ3v) is 3.72. The maximum atomic E-state index is 11.3. The lowest BCUT2D eigenvalue weighted by molar-refractivity contribution is -0.121. The molecular formula is C9H20N2O2S. The number of hydrogen-bond donors (Lipinski definition) is 2. The zero-order valence-corrected chi connectivity index (χ0v) is 10.1. The summed E-state index contributed by atoms with van der Waals surface area (Å²) in [6, 6.07) is 0. The Bertz CT molecular complexity index is 176. The zero-order valence-electron chi connectivity index (χ0n) is 9.24. The second-order valence-electron chi connectivity index (χ2n) is 3.54. The van der Waals surface area contributed by atoms with Crippen LogP contribution < -0.4 is 11.3 Å². The molecular weight excluding hydrogens is 200 g/mol. The van der Waals surface area contributed by atoms with Crippen LogP contribution in [-0.2, 0) is 9.53 Å². The summed E-state index contributed by atoms with van der Waals surface area (Å²) in [6.45, 7) is 6.75. The van der Waals surface area contributed by atoms with E-state index in [0.717, 1.165) is 0 Å². The lowest BCUT2D eigenvalue weighted by Gasteiger charge is -2.21. The van der Waals surface area contributed by atoms with Crippen molar-refractivity contribution in [2.45, 2.75) is 31.3 Å². The van der Waals surface area contributed by atoms with Crippen molar-refractivity contribution in [2.75, 3.05) is 13.7 Å². The van der Waals surface area contributed by atoms with E-state index in [2.05, 4.69) is 26.2 Å². The molecule has 0 radical (unpaired) electrons. The third-order valence-electron chi connectivity index (χ3n) is 2.07. The number of nitrogens with two attached hydrogens (primary N) is 1. The molecule has 0 saturated carbocycles. The second kappa shape index (κ2) is 7.09. The lowest BCUT2D eigenvalue weighted by Crippen LogP contribution is -2.40. The standard InChI is InChI=1S/C9H20N2O2S/c1-6(2)7(3)14-8(5-13-4)9(12)11-10/h6-8H,5,10H2,1-4H3,(H,11,12). The molecule has 84 valence electrons. The fourth-order valence-corrected chi connectivity index (χ4v) is 2.08. The van der Waals surface area contributed by atoms with E-state index in [1.165, 1.54) is 0 Å². The van der Waals surface area contributed by atoms with Crippen LogP contribution in [0.2, 0.25) is 0 Å². The molecule has 1 amide bonds. The SMILES string of the molecule is COCC(SC(C)C(C)C)C(=O)NN. The molecule has 0 fully saturated rings. The lowest BCUT2D eigenvalue weighted by atomic mass is 10.2. The first-order valence-corrected chi connectivity index (χ1v) is 5.62. The predicted octanol–water partition coefficient (Wildman–Crippen LogP) is 0.769. The highest BCUT2D eigenvalue weighted by molar-refractivity contribution is 8.01. The predicted molar refractivity (Wildman–Crippen MR) is 59.9 cm³/mol. The third kappa shape index (κ3) is 4.83. The minimum Gasteiger partial charge on any atom is -0.383 e. The number of hydrogen-bond acceptors (Lipinski definition) is 4. The van der Waals surface area contributed by atoms with Gasteiger partial charge in [0, 0.05) is 12.4 Å². The van der Waals surface area contributed by atoms with Crippen molar-refractivity contribution < 1.29 is 9.53 Å². The van der Waals surface area contributed by atoms with Gasteiger partial charge in [0.15, 0.2) is 0 Å². The average Bonchev–Trinajstić information content (AvgIpc) is 2.15. The van der Waals surface area contributed by atoms with Gasteiger partial charge in [-0.3, -0.25) is 10.2 Å². The van der Waals surface area contributed by atoms with Gasteiger partial charge in [-0.2, -0.15) is 0 Å². The molecule has 2 atom stereocenters. The Labute approximate surface area is 89.9 Å². The number of hydrazine groups is 1. The Balaban J connectivity index is 4.15. The fourth-order valence-electron chi connectivity index (χ4n) is 0.837. The number of rotatable bonds is 6. The normalized spacial score (nSPS) is 15.3. The monoisotopic (exact) mass is 220 g/mol. The van der Waals surface area contributed by atoms with Crippen molar-refractivity contribution in [3.63, 3.8) is 0 Å². The highest BCUT2D eigenvalue weighted by Gasteiger charge is 2.22. The van der Waals surface area contributed by atoms with Crippen LogP contribution in [0.3, 0.4) is 0 Å². The van der Waals surface area contributed by atoms with E-state index >= 15 is 0 Å². The van der Waals surface area contributed by atoms with Gasteiger partial charge in [-0.1, -0.05) is 20.8 Å². The van der Waals surface area contributed by atoms with Gasteiger partial charge in [0.25, 0.3) is 0 Å². The van der Waals surface area contributed by atoms with Gasteiger partial charge in [0.2, 0.25) is 5.91 Å². The Hall–Kier alpha value is -0.260. The van der Waals surface area contributed by atoms with Crippen LogP contribution in [0, 0.1) is 5.92 Å². The molecule has 0 bridgehead atoms. The van der Waals surface area contributed by atoms with Crippen molar-refractivity contribution in [2.24, 2.45) is 11.8 Å². The van der Waals surface area contributed by atoms with Crippen LogP contribution in [-0.4, -0.2) is 30.1 Å². The molecule has 0 aromatic heterocycles. The van der Waals surface area contributed by atoms with E-state index in [9.17, 15) is 4.79 Å². The topological polar surface area (TPSA) is 64.3 Å². The quantitative estimate of drug-likeness (QED) is 0.394. The molecule has 2 unspecified atom stereocenters. The van der Waals surface area contributed by atoms with Crippen LogP contribution in [0.15, 0.2) is 0 Å². The van der Waals surface area contributed by atoms with Gasteiger partial charge in [0.1, 0.15) is 5.25 Å². The summed E-state index contributed by atoms with van der Waals surface area (Å²) in [4.78, 5) is 11.3. The summed E-state index contributed by atoms with van der Waals surface area (Å²) in [7, 11) is 1.58. The van der Waals surface area contributed by atoms with E-state index in [1.807, 2.05) is 0 Å². The first-order chi connectivity index (χ1) is 6.52. The summed E-state index contributed by atoms with van der Waals surface area (Å²) >= 11 is 1.59. The second-order valence-corrected chi connectivity index (χ2v) is 5.12. The molecule has 5 heteroatoms. The summed E-state index contributed by atoms with van der Waals surface area (Å²) in [6.07, 6.45) is 0. The maximum absolute atomic E-state index is 11.3. The Kier molecular flexibility index (Phi) is 6.96. The number of thioether (sulfide) groups is 1. The van der Waals surface area contributed by atoms with Crippen LogP contribution in [0.25, 0.3) is 0 Å². The molecule has 0 aliphatic rings. The number of carbonyl (C=O) groups excluding carboxylic acids is 1. The molecule has 4 nitrogen and oxygen atoms in total. The molecule has 0 saturated heterocycles. The number of amides is 1. The van der Waals surface area contributed by atoms with Crippen molar-refractivity contribution in [3.8, 4) is 0 Å². The van der Waals surface area contributed by atoms with E-state index in [0.29, 0.717) is 17.8 Å². The largest absolute Gasteiger partial charge is 0.383 e. The first-order valence-electron chi connectivity index (χ1n) is 4.67. The molecule has 3 N–H and O–H groups in total. The Morgan fingerprint density at radius 3 is 2.43 bits per heavy atom. The Morgan fingerprint density at radius 2 is 2.07 bits per heavy atom. The van der Waals surface area contributed by atoms with Gasteiger partial charge < -0.3 is 4.74 Å². The number of ether oxygens (including phenoxy) is 1. The van der Waals surface area contributed by atoms with Gasteiger partial charge in [0.05, 0.1) is 6.61 Å². The van der Waals surface area contributed by atoms with Crippen molar-refractivity contribution >= 4 is 17.7 Å². The zero-order chi connectivity index (χ0) is 11.1. The van der Waals surface area contributed by atoms with Crippen molar-refractivity contribution in [1.82, 2.24) is 5.43 Å². The van der Waals surface area contributed by atoms with Crippen LogP contribution >= 0.6 is 11.8 Å². The van der Waals surface area contributed by atoms with Crippen molar-refractivity contribution in [1.29, 1.82) is 0 Å². The van der Waals surface area contributed by atoms with Crippen LogP contribution in [0.5, 0.6) is 0 Å². The molecule has 0 aromatic rings. The minimum absolute atomic E-state index is 0.177. The van der Waals surface area contributed by atoms with Crippen LogP contribution in [0.1, 0.15) is 20.8 Å². The van der Waals surface area contributed by atoms with Gasteiger partial charge in [-0.25, -0.2) is 5.84 Å². The summed E-state index contributed by atoms with van der Waals surface area (Å²) in [5, 5.41) is 0.190. The number of methoxy groups -OCH3 is 1. The Morgan fingerprint density at radius 1 is 1.50 bits per heavy atom. The summed E-state index contributed by atoms with van der Waals surface area (Å²) in [5.74, 6) is 5.44. The average molecular weight is 220 g/mol. The molecule has 0 heterocycles. The number of carbonyl (C=O) groups is 1. The van der Waals surface area contributed by atoms with Gasteiger partial charge in [-0.05, 0) is 5.92 Å². The van der Waals surface area contributed by atoms with E-state index in [4.69, 9.17) is 10.6 Å². The molecule has 14 heavy (non-hydrogen) atoms. The highest BCUT2D eigenvalue weighted by Crippen LogP contribution is 2.23. The number of nitrogens with one attached hydrogen (secondary N) is 1. The first kappa shape index (κ1) is 13.7. The van der Waals surface area contributed by atoms with Gasteiger partial charge >= 0.3 is 0 Å². The minimum atomic E-state index is -0.220. The smallest absolute Gasteiger partial charge is 0.249 e. The molecule has 0 rings (SSSR count). The van der Waals surface area contributed by atoms with Gasteiger partial charge in [-0.15, -0.1) is 11.8 Å². The van der Waals surface area contributed by atoms with Crippen LogP contribution in [0.4, 0.5) is 0 Å². The molecule has 0 spiro atoms. The molecule has 0 aliphatic heterocycles. The summed E-state index contributed by atoms with van der Waals surface area (Å²) in [5.41, 5.74) is 2.15. The fraction of sp³-hybridized carbons (Fsp3) is 0.889. The molecule has 0 aliphatic carbocycles.